The molecule has 23 heavy (non-hydrogen) atoms. The van der Waals surface area contributed by atoms with Crippen molar-refractivity contribution < 1.29 is 9.32 Å². The zero-order valence-electron chi connectivity index (χ0n) is 12.3. The Morgan fingerprint density at radius 1 is 1.09 bits per heavy atom. The van der Waals surface area contributed by atoms with Gasteiger partial charge in [-0.1, -0.05) is 47.6 Å². The number of ketones is 1. The Labute approximate surface area is 134 Å². The van der Waals surface area contributed by atoms with Crippen molar-refractivity contribution in [3.8, 4) is 6.07 Å². The van der Waals surface area contributed by atoms with Crippen molar-refractivity contribution >= 4 is 5.78 Å². The van der Waals surface area contributed by atoms with E-state index in [-0.39, 0.29) is 12.2 Å². The van der Waals surface area contributed by atoms with E-state index in [4.69, 9.17) is 9.78 Å². The highest BCUT2D eigenvalue weighted by molar-refractivity contribution is 5.90. The third kappa shape index (κ3) is 3.35. The zero-order chi connectivity index (χ0) is 16.1. The van der Waals surface area contributed by atoms with E-state index in [1.165, 1.54) is 0 Å². The van der Waals surface area contributed by atoms with E-state index in [9.17, 15) is 4.79 Å². The van der Waals surface area contributed by atoms with Crippen LogP contribution in [-0.4, -0.2) is 10.9 Å². The first-order valence-electron chi connectivity index (χ1n) is 7.25. The zero-order valence-corrected chi connectivity index (χ0v) is 12.3. The van der Waals surface area contributed by atoms with E-state index in [1.54, 1.807) is 36.5 Å². The van der Waals surface area contributed by atoms with Crippen LogP contribution in [-0.2, 0) is 11.2 Å². The van der Waals surface area contributed by atoms with Crippen LogP contribution in [0.25, 0.3) is 0 Å². The smallest absolute Gasteiger partial charge is 0.152 e. The van der Waals surface area contributed by atoms with Crippen LogP contribution in [0.4, 0.5) is 0 Å². The van der Waals surface area contributed by atoms with E-state index in [0.29, 0.717) is 11.3 Å². The number of hydrogen-bond acceptors (Lipinski definition) is 4. The molecule has 0 aliphatic rings. The van der Waals surface area contributed by atoms with Gasteiger partial charge in [-0.05, 0) is 23.3 Å². The molecule has 0 aliphatic heterocycles. The highest BCUT2D eigenvalue weighted by Crippen LogP contribution is 2.26. The lowest BCUT2D eigenvalue weighted by atomic mass is 9.89. The fraction of sp³-hybridized carbons (Fsp3) is 0.105. The van der Waals surface area contributed by atoms with E-state index >= 15 is 0 Å². The molecule has 112 valence electrons. The first-order valence-corrected chi connectivity index (χ1v) is 7.25. The van der Waals surface area contributed by atoms with Crippen LogP contribution in [0.2, 0.25) is 0 Å². The summed E-state index contributed by atoms with van der Waals surface area (Å²) in [5, 5.41) is 12.6. The van der Waals surface area contributed by atoms with Crippen molar-refractivity contribution in [3.05, 3.63) is 89.3 Å². The molecular formula is C19H14N2O2. The fourth-order valence-corrected chi connectivity index (χ4v) is 2.53. The van der Waals surface area contributed by atoms with Gasteiger partial charge in [0, 0.05) is 12.5 Å². The summed E-state index contributed by atoms with van der Waals surface area (Å²) in [4.78, 5) is 12.8. The van der Waals surface area contributed by atoms with Crippen LogP contribution in [0.5, 0.6) is 0 Å². The maximum absolute atomic E-state index is 12.8. The van der Waals surface area contributed by atoms with Gasteiger partial charge in [0.1, 0.15) is 5.92 Å². The molecule has 1 heterocycles. The number of benzene rings is 2. The Kier molecular flexibility index (Phi) is 4.30. The number of rotatable bonds is 5. The summed E-state index contributed by atoms with van der Waals surface area (Å²) in [6, 6.07) is 20.3. The number of nitrogens with zero attached hydrogens (tertiary/aromatic N) is 2. The quantitative estimate of drug-likeness (QED) is 0.723. The van der Waals surface area contributed by atoms with Crippen LogP contribution in [0.1, 0.15) is 28.4 Å². The SMILES string of the molecule is N#Cc1ccc(CC(=O)C(c2ccccc2)c2ccno2)cc1. The van der Waals surface area contributed by atoms with Gasteiger partial charge in [0.15, 0.2) is 11.5 Å². The molecule has 0 N–H and O–H groups in total. The monoisotopic (exact) mass is 302 g/mol. The minimum Gasteiger partial charge on any atom is -0.360 e. The number of carbonyl (C=O) groups excluding carboxylic acids is 1. The molecule has 2 aromatic carbocycles. The van der Waals surface area contributed by atoms with E-state index in [1.807, 2.05) is 30.3 Å². The minimum atomic E-state index is -0.477. The van der Waals surface area contributed by atoms with E-state index < -0.39 is 5.92 Å². The second kappa shape index (κ2) is 6.71. The Bertz CT molecular complexity index is 816. The van der Waals surface area contributed by atoms with Crippen molar-refractivity contribution in [2.75, 3.05) is 0 Å². The highest BCUT2D eigenvalue weighted by atomic mass is 16.5. The van der Waals surface area contributed by atoms with Crippen LogP contribution >= 0.6 is 0 Å². The number of nitriles is 1. The molecule has 0 bridgehead atoms. The van der Waals surface area contributed by atoms with Gasteiger partial charge in [-0.15, -0.1) is 0 Å². The minimum absolute atomic E-state index is 0.0256. The van der Waals surface area contributed by atoms with Crippen molar-refractivity contribution in [3.63, 3.8) is 0 Å². The molecule has 0 saturated heterocycles. The number of aromatic nitrogens is 1. The van der Waals surface area contributed by atoms with Crippen molar-refractivity contribution in [2.24, 2.45) is 0 Å². The Morgan fingerprint density at radius 2 is 1.83 bits per heavy atom. The molecule has 0 fully saturated rings. The largest absolute Gasteiger partial charge is 0.360 e. The normalized spacial score (nSPS) is 11.6. The van der Waals surface area contributed by atoms with Crippen LogP contribution in [0.3, 0.4) is 0 Å². The second-order valence-electron chi connectivity index (χ2n) is 5.21. The summed E-state index contributed by atoms with van der Waals surface area (Å²) >= 11 is 0. The Morgan fingerprint density at radius 3 is 2.43 bits per heavy atom. The van der Waals surface area contributed by atoms with Gasteiger partial charge in [-0.25, -0.2) is 0 Å². The average molecular weight is 302 g/mol. The van der Waals surface area contributed by atoms with Crippen molar-refractivity contribution in [2.45, 2.75) is 12.3 Å². The molecule has 0 spiro atoms. The molecule has 0 aliphatic carbocycles. The lowest BCUT2D eigenvalue weighted by Gasteiger charge is -2.13. The summed E-state index contributed by atoms with van der Waals surface area (Å²) in [6.07, 6.45) is 1.81. The van der Waals surface area contributed by atoms with Gasteiger partial charge < -0.3 is 4.52 Å². The van der Waals surface area contributed by atoms with Crippen LogP contribution in [0.15, 0.2) is 71.4 Å². The summed E-state index contributed by atoms with van der Waals surface area (Å²) in [7, 11) is 0. The van der Waals surface area contributed by atoms with Crippen molar-refractivity contribution in [1.82, 2.24) is 5.16 Å². The lowest BCUT2D eigenvalue weighted by molar-refractivity contribution is -0.119. The third-order valence-electron chi connectivity index (χ3n) is 3.66. The topological polar surface area (TPSA) is 66.9 Å². The summed E-state index contributed by atoms with van der Waals surface area (Å²) in [6.45, 7) is 0. The van der Waals surface area contributed by atoms with Gasteiger partial charge >= 0.3 is 0 Å². The number of carbonyl (C=O) groups is 1. The maximum Gasteiger partial charge on any atom is 0.152 e. The number of hydrogen-bond donors (Lipinski definition) is 0. The lowest BCUT2D eigenvalue weighted by Crippen LogP contribution is -2.16. The van der Waals surface area contributed by atoms with Crippen LogP contribution < -0.4 is 0 Å². The molecular weight excluding hydrogens is 288 g/mol. The average Bonchev–Trinajstić information content (AvgIpc) is 3.11. The molecule has 4 heteroatoms. The Hall–Kier alpha value is -3.19. The molecule has 0 saturated carbocycles. The predicted octanol–water partition coefficient (Wildman–Crippen LogP) is 3.49. The second-order valence-corrected chi connectivity index (χ2v) is 5.21. The maximum atomic E-state index is 12.8. The van der Waals surface area contributed by atoms with Gasteiger partial charge in [0.2, 0.25) is 0 Å². The van der Waals surface area contributed by atoms with Crippen LogP contribution in [0, 0.1) is 11.3 Å². The summed E-state index contributed by atoms with van der Waals surface area (Å²) in [5.74, 6) is 0.0850. The predicted molar refractivity (Wildman–Crippen MR) is 84.7 cm³/mol. The highest BCUT2D eigenvalue weighted by Gasteiger charge is 2.25. The van der Waals surface area contributed by atoms with Gasteiger partial charge in [0.05, 0.1) is 17.8 Å². The molecule has 0 amide bonds. The van der Waals surface area contributed by atoms with E-state index in [2.05, 4.69) is 11.2 Å². The number of Topliss-reactive ketones (excluding diaryl/α,β-unsaturated/α-hetero) is 1. The summed E-state index contributed by atoms with van der Waals surface area (Å²) < 4.78 is 5.23. The fourth-order valence-electron chi connectivity index (χ4n) is 2.53. The van der Waals surface area contributed by atoms with Gasteiger partial charge in [-0.3, -0.25) is 4.79 Å². The molecule has 0 radical (unpaired) electrons. The standard InChI is InChI=1S/C19H14N2O2/c20-13-15-8-6-14(7-9-15)12-17(22)19(18-10-11-21-23-18)16-4-2-1-3-5-16/h1-11,19H,12H2. The first-order chi connectivity index (χ1) is 11.3. The first kappa shape index (κ1) is 14.7. The van der Waals surface area contributed by atoms with E-state index in [0.717, 1.165) is 11.1 Å². The molecule has 4 nitrogen and oxygen atoms in total. The van der Waals surface area contributed by atoms with Gasteiger partial charge in [-0.2, -0.15) is 5.26 Å². The third-order valence-corrected chi connectivity index (χ3v) is 3.66. The summed E-state index contributed by atoms with van der Waals surface area (Å²) in [5.41, 5.74) is 2.33. The molecule has 1 unspecified atom stereocenters. The molecule has 1 aromatic heterocycles. The Balaban J connectivity index is 1.87. The van der Waals surface area contributed by atoms with Crippen molar-refractivity contribution in [1.29, 1.82) is 5.26 Å². The van der Waals surface area contributed by atoms with Gasteiger partial charge in [0.25, 0.3) is 0 Å². The molecule has 3 aromatic rings. The molecule has 1 atom stereocenters. The molecule has 3 rings (SSSR count).